The molecular formula is C12H29N. The zero-order valence-corrected chi connectivity index (χ0v) is 10.6. The first-order chi connectivity index (χ1) is 6.30. The van der Waals surface area contributed by atoms with Gasteiger partial charge >= 0.3 is 0 Å². The number of hydrogen-bond donors (Lipinski definition) is 0. The van der Waals surface area contributed by atoms with Gasteiger partial charge in [0.25, 0.3) is 0 Å². The van der Waals surface area contributed by atoms with Gasteiger partial charge in [0.2, 0.25) is 0 Å². The molecule has 0 aromatic rings. The van der Waals surface area contributed by atoms with Crippen molar-refractivity contribution < 1.29 is 0 Å². The van der Waals surface area contributed by atoms with Crippen LogP contribution in [-0.2, 0) is 0 Å². The minimum Gasteiger partial charge on any atom is -0.306 e. The highest BCUT2D eigenvalue weighted by molar-refractivity contribution is 4.70. The summed E-state index contributed by atoms with van der Waals surface area (Å²) in [6, 6.07) is 0.888. The van der Waals surface area contributed by atoms with Crippen LogP contribution in [0.15, 0.2) is 0 Å². The fraction of sp³-hybridized carbons (Fsp3) is 1.00. The van der Waals surface area contributed by atoms with Gasteiger partial charge in [-0.05, 0) is 26.9 Å². The van der Waals surface area contributed by atoms with Crippen LogP contribution < -0.4 is 0 Å². The zero-order chi connectivity index (χ0) is 10.7. The van der Waals surface area contributed by atoms with Crippen molar-refractivity contribution in [3.8, 4) is 0 Å². The van der Waals surface area contributed by atoms with E-state index in [1.165, 1.54) is 32.1 Å². The Morgan fingerprint density at radius 1 is 0.769 bits per heavy atom. The van der Waals surface area contributed by atoms with E-state index in [1.54, 1.807) is 0 Å². The highest BCUT2D eigenvalue weighted by Crippen LogP contribution is 2.20. The summed E-state index contributed by atoms with van der Waals surface area (Å²) in [5.74, 6) is 0. The maximum atomic E-state index is 2.36. The molecule has 0 aromatic carbocycles. The molecule has 82 valence electrons. The second kappa shape index (κ2) is 12.0. The van der Waals surface area contributed by atoms with E-state index in [0.29, 0.717) is 0 Å². The third kappa shape index (κ3) is 8.29. The minimum atomic E-state index is 0.888. The molecule has 0 saturated heterocycles. The number of nitrogens with zero attached hydrogens (tertiary/aromatic N) is 1. The predicted octanol–water partition coefficient (Wildman–Crippen LogP) is 3.93. The number of rotatable bonds is 1. The molecule has 0 N–H and O–H groups in total. The smallest absolute Gasteiger partial charge is 0.00891 e. The van der Waals surface area contributed by atoms with Crippen molar-refractivity contribution in [1.29, 1.82) is 0 Å². The van der Waals surface area contributed by atoms with Crippen molar-refractivity contribution in [3.05, 3.63) is 0 Å². The van der Waals surface area contributed by atoms with Gasteiger partial charge in [0.1, 0.15) is 0 Å². The van der Waals surface area contributed by atoms with Gasteiger partial charge < -0.3 is 4.90 Å². The van der Waals surface area contributed by atoms with Gasteiger partial charge in [-0.15, -0.1) is 0 Å². The molecule has 1 heteroatoms. The lowest BCUT2D eigenvalue weighted by Crippen LogP contribution is -2.29. The quantitative estimate of drug-likeness (QED) is 0.601. The summed E-state index contributed by atoms with van der Waals surface area (Å²) in [6.07, 6.45) is 7.20. The van der Waals surface area contributed by atoms with Gasteiger partial charge in [-0.2, -0.15) is 0 Å². The van der Waals surface area contributed by atoms with E-state index in [4.69, 9.17) is 0 Å². The van der Waals surface area contributed by atoms with E-state index < -0.39 is 0 Å². The maximum Gasteiger partial charge on any atom is 0.00891 e. The van der Waals surface area contributed by atoms with Crippen LogP contribution in [-0.4, -0.2) is 25.0 Å². The average Bonchev–Trinajstić information content (AvgIpc) is 2.25. The minimum absolute atomic E-state index is 0.888. The summed E-state index contributed by atoms with van der Waals surface area (Å²) in [5, 5.41) is 0. The third-order valence-corrected chi connectivity index (χ3v) is 2.30. The lowest BCUT2D eigenvalue weighted by atomic mass is 9.95. The molecule has 0 bridgehead atoms. The van der Waals surface area contributed by atoms with Crippen molar-refractivity contribution >= 4 is 0 Å². The lowest BCUT2D eigenvalue weighted by Gasteiger charge is -2.27. The average molecular weight is 187 g/mol. The van der Waals surface area contributed by atoms with Gasteiger partial charge in [0.15, 0.2) is 0 Å². The van der Waals surface area contributed by atoms with Crippen LogP contribution in [0.2, 0.25) is 0 Å². The topological polar surface area (TPSA) is 3.24 Å². The molecule has 0 amide bonds. The summed E-state index contributed by atoms with van der Waals surface area (Å²) in [5.41, 5.74) is 0. The molecule has 1 fully saturated rings. The Hall–Kier alpha value is -0.0400. The molecule has 13 heavy (non-hydrogen) atoms. The fourth-order valence-electron chi connectivity index (χ4n) is 1.60. The summed E-state index contributed by atoms with van der Waals surface area (Å²) < 4.78 is 0. The molecule has 1 rings (SSSR count). The molecule has 0 aromatic heterocycles. The maximum absolute atomic E-state index is 2.36. The van der Waals surface area contributed by atoms with Crippen LogP contribution in [0.25, 0.3) is 0 Å². The summed E-state index contributed by atoms with van der Waals surface area (Å²) in [6.45, 7) is 8.00. The van der Waals surface area contributed by atoms with Gasteiger partial charge in [0.05, 0.1) is 0 Å². The van der Waals surface area contributed by atoms with Gasteiger partial charge in [-0.1, -0.05) is 47.0 Å². The first-order valence-electron chi connectivity index (χ1n) is 5.97. The van der Waals surface area contributed by atoms with Gasteiger partial charge in [-0.25, -0.2) is 0 Å². The Balaban J connectivity index is 0. The second-order valence-electron chi connectivity index (χ2n) is 3.26. The SMILES string of the molecule is CC.CC.CN(C)C1CCCCC1. The molecule has 0 unspecified atom stereocenters. The molecule has 0 spiro atoms. The molecule has 1 saturated carbocycles. The standard InChI is InChI=1S/C8H17N.2C2H6/c1-9(2)8-6-4-3-5-7-8;2*1-2/h8H,3-7H2,1-2H3;2*1-2H3. The Kier molecular flexibility index (Phi) is 14.2. The van der Waals surface area contributed by atoms with E-state index in [1.807, 2.05) is 27.7 Å². The van der Waals surface area contributed by atoms with Crippen LogP contribution >= 0.6 is 0 Å². The molecule has 1 nitrogen and oxygen atoms in total. The molecule has 0 radical (unpaired) electrons. The van der Waals surface area contributed by atoms with E-state index >= 15 is 0 Å². The first kappa shape index (κ1) is 15.4. The van der Waals surface area contributed by atoms with Crippen LogP contribution in [0.3, 0.4) is 0 Å². The normalized spacial score (nSPS) is 16.8. The molecule has 0 aliphatic heterocycles. The Bertz CT molecular complexity index is 73.2. The predicted molar refractivity (Wildman–Crippen MR) is 63.3 cm³/mol. The summed E-state index contributed by atoms with van der Waals surface area (Å²) >= 11 is 0. The molecule has 0 heterocycles. The summed E-state index contributed by atoms with van der Waals surface area (Å²) in [7, 11) is 4.38. The van der Waals surface area contributed by atoms with Crippen molar-refractivity contribution in [2.45, 2.75) is 65.8 Å². The second-order valence-corrected chi connectivity index (χ2v) is 3.26. The van der Waals surface area contributed by atoms with E-state index in [-0.39, 0.29) is 0 Å². The van der Waals surface area contributed by atoms with E-state index in [0.717, 1.165) is 6.04 Å². The third-order valence-electron chi connectivity index (χ3n) is 2.30. The molecule has 1 aliphatic carbocycles. The van der Waals surface area contributed by atoms with Crippen LogP contribution in [0.1, 0.15) is 59.8 Å². The fourth-order valence-corrected chi connectivity index (χ4v) is 1.60. The van der Waals surface area contributed by atoms with Crippen molar-refractivity contribution in [2.75, 3.05) is 14.1 Å². The number of hydrogen-bond acceptors (Lipinski definition) is 1. The lowest BCUT2D eigenvalue weighted by molar-refractivity contribution is 0.229. The van der Waals surface area contributed by atoms with Crippen molar-refractivity contribution in [2.24, 2.45) is 0 Å². The van der Waals surface area contributed by atoms with Crippen molar-refractivity contribution in [3.63, 3.8) is 0 Å². The van der Waals surface area contributed by atoms with E-state index in [2.05, 4.69) is 19.0 Å². The zero-order valence-electron chi connectivity index (χ0n) is 10.6. The summed E-state index contributed by atoms with van der Waals surface area (Å²) in [4.78, 5) is 2.36. The highest BCUT2D eigenvalue weighted by atomic mass is 15.1. The van der Waals surface area contributed by atoms with Crippen LogP contribution in [0, 0.1) is 0 Å². The van der Waals surface area contributed by atoms with Gasteiger partial charge in [-0.3, -0.25) is 0 Å². The molecule has 0 atom stereocenters. The van der Waals surface area contributed by atoms with Crippen molar-refractivity contribution in [1.82, 2.24) is 4.90 Å². The Morgan fingerprint density at radius 2 is 1.15 bits per heavy atom. The van der Waals surface area contributed by atoms with Crippen LogP contribution in [0.4, 0.5) is 0 Å². The largest absolute Gasteiger partial charge is 0.306 e. The van der Waals surface area contributed by atoms with Crippen LogP contribution in [0.5, 0.6) is 0 Å². The molecule has 1 aliphatic rings. The highest BCUT2D eigenvalue weighted by Gasteiger charge is 2.13. The van der Waals surface area contributed by atoms with Gasteiger partial charge in [0, 0.05) is 6.04 Å². The van der Waals surface area contributed by atoms with E-state index in [9.17, 15) is 0 Å². The monoisotopic (exact) mass is 187 g/mol. The Labute approximate surface area is 85.5 Å². The molecular weight excluding hydrogens is 158 g/mol. The Morgan fingerprint density at radius 3 is 1.38 bits per heavy atom. The first-order valence-corrected chi connectivity index (χ1v) is 5.97.